The van der Waals surface area contributed by atoms with Gasteiger partial charge in [0.2, 0.25) is 23.6 Å². The van der Waals surface area contributed by atoms with E-state index in [9.17, 15) is 85.0 Å². The molecule has 5 N–H and O–H groups in total. The second-order valence-corrected chi connectivity index (χ2v) is 32.6. The average Bonchev–Trinajstić information content (AvgIpc) is 1.31. The lowest BCUT2D eigenvalue weighted by atomic mass is 9.91. The van der Waals surface area contributed by atoms with Gasteiger partial charge in [-0.25, -0.2) is 4.79 Å². The Morgan fingerprint density at radius 2 is 0.953 bits per heavy atom. The van der Waals surface area contributed by atoms with E-state index in [4.69, 9.17) is 53.5 Å². The van der Waals surface area contributed by atoms with Crippen molar-refractivity contribution in [3.63, 3.8) is 0 Å². The molecular formula is C88H84Cl2F4N14O18S2. The van der Waals surface area contributed by atoms with Crippen molar-refractivity contribution >= 4 is 156 Å². The lowest BCUT2D eigenvalue weighted by Gasteiger charge is -2.34. The van der Waals surface area contributed by atoms with Crippen molar-refractivity contribution in [1.82, 2.24) is 60.6 Å². The number of aromatic nitrogens is 6. The number of aromatic carboxylic acids is 1. The van der Waals surface area contributed by atoms with Crippen molar-refractivity contribution in [3.05, 3.63) is 208 Å². The monoisotopic (exact) mass is 1840 g/mol. The lowest BCUT2D eigenvalue weighted by molar-refractivity contribution is -0.173. The quantitative estimate of drug-likeness (QED) is 0.0162. The van der Waals surface area contributed by atoms with Crippen LogP contribution in [0.25, 0.3) is 31.5 Å². The first-order valence-electron chi connectivity index (χ1n) is 40.4. The second kappa shape index (κ2) is 40.1. The topological polar surface area (TPSA) is 420 Å². The summed E-state index contributed by atoms with van der Waals surface area (Å²) in [6.07, 6.45) is -1.45. The van der Waals surface area contributed by atoms with E-state index < -0.39 is 109 Å². The molecule has 128 heavy (non-hydrogen) atoms. The van der Waals surface area contributed by atoms with Gasteiger partial charge in [0.25, 0.3) is 29.5 Å². The maximum absolute atomic E-state index is 13.7. The first-order valence-corrected chi connectivity index (χ1v) is 42.1. The van der Waals surface area contributed by atoms with Gasteiger partial charge in [-0.1, -0.05) is 79.2 Å². The molecule has 6 aliphatic heterocycles. The number of rotatable bonds is 24. The van der Waals surface area contributed by atoms with E-state index in [1.807, 2.05) is 42.7 Å². The van der Waals surface area contributed by atoms with E-state index in [0.717, 1.165) is 54.8 Å². The van der Waals surface area contributed by atoms with E-state index >= 15 is 0 Å². The highest BCUT2D eigenvalue weighted by Gasteiger charge is 2.46. The van der Waals surface area contributed by atoms with Crippen LogP contribution in [-0.4, -0.2) is 199 Å². The number of hydrogen-bond donors (Lipinski definition) is 5. The van der Waals surface area contributed by atoms with Gasteiger partial charge in [0.05, 0.1) is 76.2 Å². The minimum atomic E-state index is -4.91. The van der Waals surface area contributed by atoms with Crippen LogP contribution in [0.4, 0.5) is 17.6 Å². The van der Waals surface area contributed by atoms with Gasteiger partial charge in [-0.15, -0.1) is 43.1 Å². The Morgan fingerprint density at radius 3 is 1.35 bits per heavy atom. The van der Waals surface area contributed by atoms with E-state index in [2.05, 4.69) is 36.3 Å². The van der Waals surface area contributed by atoms with E-state index in [0.29, 0.717) is 150 Å². The predicted molar refractivity (Wildman–Crippen MR) is 462 cm³/mol. The number of fused-ring (bicyclic) bond motifs is 6. The molecule has 4 atom stereocenters. The fourth-order valence-electron chi connectivity index (χ4n) is 15.5. The van der Waals surface area contributed by atoms with Gasteiger partial charge in [0.1, 0.15) is 62.2 Å². The van der Waals surface area contributed by atoms with Gasteiger partial charge in [-0.2, -0.15) is 13.2 Å². The number of alkyl halides is 4. The molecule has 668 valence electrons. The van der Waals surface area contributed by atoms with Crippen LogP contribution >= 0.6 is 45.9 Å². The molecule has 10 amide bonds. The number of imide groups is 4. The van der Waals surface area contributed by atoms with E-state index in [1.54, 1.807) is 103 Å². The fourth-order valence-corrected chi connectivity index (χ4v) is 18.2. The largest absolute Gasteiger partial charge is 0.494 e. The highest BCUT2D eigenvalue weighted by molar-refractivity contribution is 7.17. The molecule has 16 rings (SSSR count). The molecule has 6 aromatic carbocycles. The van der Waals surface area contributed by atoms with E-state index in [1.165, 1.54) is 31.6 Å². The molecule has 2 fully saturated rings. The smallest absolute Gasteiger partial charge is 0.471 e. The minimum Gasteiger partial charge on any atom is -0.494 e. The summed E-state index contributed by atoms with van der Waals surface area (Å²) >= 11 is 14.7. The standard InChI is InChI=1S/C42H38ClN7O8S.C24H22F3N3O6.C20H17ClN4O4S.CH3F.CH4/c1-21-33-35(23-10-12-25(43)13-11-23)45-29(20-32(52)57-3)37-48-47-22(2)49(37)42(33)59-36(21)39(54)44-16-5-4-6-17-58-26-18-24-8-7-9-27-34(24)28(19-26)41(56)50(40(27)55)30-14-15-31(51)46-38(30)53;25-24(26,27)23(35)28-9-2-1-3-10-36-14-11-13-5-4-6-15-19(13)16(12-14)22(34)30(21(15)33)17-7-8-18(31)29-20(17)32;1-9-15-16(11-4-6-12(21)7-5-11)22-13(8-14(26)29-3)18-24-23-10(2)25(18)19(15)30-17(9)20(27)28;1-2;/h7-13,18-19,29-30H,4-6,14-17,20H2,1-3H3,(H,44,54)(H,46,51,53);4-6,11-12,17H,1-3,7-10H2,(H,28,35)(H,29,31,32);4-7,13H,8H2,1-3H3,(H,27,28);1H3;1H4/t29-,30?;;13-;;/m0.0../s1/i;;;1D;. The van der Waals surface area contributed by atoms with Gasteiger partial charge in [0.15, 0.2) is 11.6 Å². The number of hydrogen-bond acceptors (Lipinski definition) is 25. The Bertz CT molecular complexity index is 6230. The molecule has 0 aliphatic carbocycles. The summed E-state index contributed by atoms with van der Waals surface area (Å²) in [5.74, 6) is -5.95. The number of unbranched alkanes of at least 4 members (excludes halogenated alkanes) is 4. The number of nitrogens with one attached hydrogen (secondary N) is 4. The first-order chi connectivity index (χ1) is 61.2. The highest BCUT2D eigenvalue weighted by Crippen LogP contribution is 2.44. The summed E-state index contributed by atoms with van der Waals surface area (Å²) in [5, 5.41) is 40.7. The average molecular weight is 1840 g/mol. The Kier molecular flexibility index (Phi) is 28.9. The molecule has 10 aromatic rings. The number of esters is 2. The third kappa shape index (κ3) is 19.5. The van der Waals surface area contributed by atoms with Crippen LogP contribution in [0.1, 0.15) is 215 Å². The van der Waals surface area contributed by atoms with Gasteiger partial charge in [-0.3, -0.25) is 101 Å². The predicted octanol–water partition coefficient (Wildman–Crippen LogP) is 13.0. The van der Waals surface area contributed by atoms with Crippen molar-refractivity contribution in [3.8, 4) is 21.5 Å². The molecule has 40 heteroatoms. The van der Waals surface area contributed by atoms with E-state index in [-0.39, 0.29) is 86.6 Å². The third-order valence-corrected chi connectivity index (χ3v) is 24.6. The molecule has 0 radical (unpaired) electrons. The Labute approximate surface area is 747 Å². The van der Waals surface area contributed by atoms with Crippen LogP contribution in [0.15, 0.2) is 119 Å². The number of halogens is 6. The van der Waals surface area contributed by atoms with Crippen LogP contribution in [0.2, 0.25) is 10.0 Å². The Morgan fingerprint density at radius 1 is 0.555 bits per heavy atom. The van der Waals surface area contributed by atoms with Crippen LogP contribution in [0.3, 0.4) is 0 Å². The van der Waals surface area contributed by atoms with Gasteiger partial charge in [0, 0.05) is 80.1 Å². The minimum absolute atomic E-state index is 0. The maximum atomic E-state index is 13.7. The molecule has 6 aliphatic rings. The van der Waals surface area contributed by atoms with Crippen molar-refractivity contribution in [2.75, 3.05) is 47.7 Å². The summed E-state index contributed by atoms with van der Waals surface area (Å²) in [5.41, 5.74) is 6.45. The number of nitrogens with zero attached hydrogens (tertiary/aromatic N) is 10. The summed E-state index contributed by atoms with van der Waals surface area (Å²) in [7, 11) is 1.64. The number of thiophene rings is 2. The SMILES string of the molecule is C.COC(=O)C[C@@H]1N=C(c2ccc(Cl)cc2)c2c(sc(C(=O)NCCCCCOc3cc4c5c(cccc5c3)C(=O)N(C3CCC(=O)NC3=O)C4=O)c2C)-n2c(C)nnc21.COC(=O)C[C@@H]1N=C(c2ccc(Cl)cc2)c2c(sc(C(=O)O)c2C)-n2c(C)nnc21.O=C1CCC(N2C(=O)c3cccc4cc(OCCCCCNC(=O)C(F)(F)F)cc(c34)C2=O)C(=O)N1.[2H]CF. The first kappa shape index (κ1) is 92.3. The molecule has 10 heterocycles. The van der Waals surface area contributed by atoms with Crippen molar-refractivity contribution in [1.29, 1.82) is 0 Å². The normalized spacial score (nSPS) is 16.6. The third-order valence-electron chi connectivity index (χ3n) is 21.6. The Balaban J connectivity index is 0.000000184. The molecule has 4 aromatic heterocycles. The van der Waals surface area contributed by atoms with Crippen LogP contribution in [0.5, 0.6) is 11.5 Å². The molecule has 0 bridgehead atoms. The number of piperidine rings is 2. The van der Waals surface area contributed by atoms with Crippen molar-refractivity contribution in [2.24, 2.45) is 9.98 Å². The summed E-state index contributed by atoms with van der Waals surface area (Å²) in [6, 6.07) is 27.5. The number of aliphatic imine (C=N–C) groups is 2. The number of amides is 10. The molecule has 32 nitrogen and oxygen atoms in total. The zero-order chi connectivity index (χ0) is 91.9. The van der Waals surface area contributed by atoms with Crippen molar-refractivity contribution in [2.45, 2.75) is 143 Å². The number of carboxylic acids is 1. The fraction of sp³-hybridized carbons (Fsp3) is 0.330. The maximum Gasteiger partial charge on any atom is 0.471 e. The Hall–Kier alpha value is -13.3. The zero-order valence-corrected chi connectivity index (χ0v) is 71.8. The second-order valence-electron chi connectivity index (χ2n) is 29.7. The molecule has 2 unspecified atom stereocenters. The number of aryl methyl sites for hydroxylation is 2. The van der Waals surface area contributed by atoms with Gasteiger partial charge in [-0.05, 0) is 162 Å². The van der Waals surface area contributed by atoms with Crippen molar-refractivity contribution < 1.29 is 105 Å². The van der Waals surface area contributed by atoms with Gasteiger partial charge < -0.3 is 34.7 Å². The van der Waals surface area contributed by atoms with Crippen LogP contribution < -0.4 is 30.7 Å². The summed E-state index contributed by atoms with van der Waals surface area (Å²) < 4.78 is 77.3. The summed E-state index contributed by atoms with van der Waals surface area (Å²) in [6.45, 7) is 8.08. The molecular weight excluding hydrogens is 1750 g/mol. The zero-order valence-electron chi connectivity index (χ0n) is 69.7. The lowest BCUT2D eigenvalue weighted by Crippen LogP contribution is -2.57. The number of carbonyl (C=O) groups is 13. The highest BCUT2D eigenvalue weighted by atomic mass is 35.5. The van der Waals surface area contributed by atoms with Crippen LogP contribution in [-0.2, 0) is 43.0 Å². The molecule has 0 spiro atoms. The number of benzene rings is 6. The van der Waals surface area contributed by atoms with Gasteiger partial charge >= 0.3 is 30.0 Å². The number of carboxylic acid groups (broad SMARTS) is 1. The summed E-state index contributed by atoms with van der Waals surface area (Å²) in [4.78, 5) is 175. The molecule has 2 saturated heterocycles. The number of methoxy groups -OCH3 is 2. The molecule has 0 saturated carbocycles. The van der Waals surface area contributed by atoms with Crippen LogP contribution in [0, 0.1) is 27.7 Å². The number of ether oxygens (including phenoxy) is 4. The number of carbonyl (C=O) groups excluding carboxylic acids is 12.